The van der Waals surface area contributed by atoms with Crippen molar-refractivity contribution in [2.75, 3.05) is 0 Å². The Balaban J connectivity index is 2.90. The van der Waals surface area contributed by atoms with Gasteiger partial charge in [0.25, 0.3) is 0 Å². The predicted octanol–water partition coefficient (Wildman–Crippen LogP) is 2.03. The minimum absolute atomic E-state index is 0.539. The van der Waals surface area contributed by atoms with Crippen LogP contribution in [0.25, 0.3) is 0 Å². The molecule has 1 heterocycles. The zero-order valence-corrected chi connectivity index (χ0v) is 6.83. The predicted molar refractivity (Wildman–Crippen MR) is 42.0 cm³/mol. The fraction of sp³-hybridized carbons (Fsp3) is 0.625. The average Bonchev–Trinajstić information content (AvgIpc) is 2.33. The summed E-state index contributed by atoms with van der Waals surface area (Å²) in [7, 11) is 0. The van der Waals surface area contributed by atoms with E-state index in [9.17, 15) is 0 Å². The molecule has 0 aliphatic heterocycles. The van der Waals surface area contributed by atoms with Crippen molar-refractivity contribution in [2.24, 2.45) is 0 Å². The van der Waals surface area contributed by atoms with Crippen LogP contribution >= 0.6 is 0 Å². The molecule has 1 aromatic heterocycles. The first-order valence-electron chi connectivity index (χ1n) is 3.76. The molecule has 0 saturated heterocycles. The van der Waals surface area contributed by atoms with Crippen LogP contribution in [0.2, 0.25) is 0 Å². The zero-order chi connectivity index (χ0) is 7.56. The first-order chi connectivity index (χ1) is 4.75. The lowest BCUT2D eigenvalue weighted by atomic mass is 10.3. The molecule has 0 fully saturated rings. The lowest BCUT2D eigenvalue weighted by molar-refractivity contribution is 0.576. The third kappa shape index (κ3) is 1.20. The highest BCUT2D eigenvalue weighted by atomic mass is 15.1. The van der Waals surface area contributed by atoms with Crippen molar-refractivity contribution in [3.63, 3.8) is 0 Å². The van der Waals surface area contributed by atoms with E-state index in [-0.39, 0.29) is 0 Å². The van der Waals surface area contributed by atoms with Gasteiger partial charge >= 0.3 is 0 Å². The Kier molecular flexibility index (Phi) is 2.10. The van der Waals surface area contributed by atoms with Crippen LogP contribution in [0.1, 0.15) is 32.5 Å². The SMILES string of the molecule is CCc1cncn1C(C)C. The van der Waals surface area contributed by atoms with Gasteiger partial charge in [0.05, 0.1) is 6.33 Å². The van der Waals surface area contributed by atoms with Crippen molar-refractivity contribution in [2.45, 2.75) is 33.2 Å². The van der Waals surface area contributed by atoms with Gasteiger partial charge in [0.2, 0.25) is 0 Å². The maximum atomic E-state index is 4.08. The summed E-state index contributed by atoms with van der Waals surface area (Å²) in [6.45, 7) is 6.48. The standard InChI is InChI=1S/C8H14N2/c1-4-8-5-9-6-10(8)7(2)3/h5-7H,4H2,1-3H3. The second-order valence-corrected chi connectivity index (χ2v) is 2.74. The molecule has 2 nitrogen and oxygen atoms in total. The Hall–Kier alpha value is -0.790. The molecule has 56 valence electrons. The number of aryl methyl sites for hydroxylation is 1. The molecule has 0 N–H and O–H groups in total. The summed E-state index contributed by atoms with van der Waals surface area (Å²) in [5, 5.41) is 0. The minimum atomic E-state index is 0.539. The fourth-order valence-electron chi connectivity index (χ4n) is 1.07. The van der Waals surface area contributed by atoms with Gasteiger partial charge in [-0.1, -0.05) is 6.92 Å². The van der Waals surface area contributed by atoms with Gasteiger partial charge in [0.15, 0.2) is 0 Å². The van der Waals surface area contributed by atoms with Crippen LogP contribution in [-0.4, -0.2) is 9.55 Å². The van der Waals surface area contributed by atoms with E-state index in [2.05, 4.69) is 30.3 Å². The fourth-order valence-corrected chi connectivity index (χ4v) is 1.07. The highest BCUT2D eigenvalue weighted by Gasteiger charge is 2.01. The Morgan fingerprint density at radius 1 is 1.60 bits per heavy atom. The lowest BCUT2D eigenvalue weighted by Gasteiger charge is -2.09. The van der Waals surface area contributed by atoms with Crippen LogP contribution in [0, 0.1) is 0 Å². The van der Waals surface area contributed by atoms with Crippen molar-refractivity contribution in [1.82, 2.24) is 9.55 Å². The third-order valence-electron chi connectivity index (χ3n) is 1.66. The van der Waals surface area contributed by atoms with Gasteiger partial charge in [-0.15, -0.1) is 0 Å². The van der Waals surface area contributed by atoms with Crippen LogP contribution < -0.4 is 0 Å². The maximum absolute atomic E-state index is 4.08. The zero-order valence-electron chi connectivity index (χ0n) is 6.83. The molecule has 1 aromatic rings. The van der Waals surface area contributed by atoms with Crippen LogP contribution in [0.15, 0.2) is 12.5 Å². The molecule has 0 aromatic carbocycles. The lowest BCUT2D eigenvalue weighted by Crippen LogP contribution is -2.02. The molecule has 0 atom stereocenters. The minimum Gasteiger partial charge on any atom is -0.332 e. The molecular formula is C8H14N2. The van der Waals surface area contributed by atoms with E-state index >= 15 is 0 Å². The number of aromatic nitrogens is 2. The number of imidazole rings is 1. The first-order valence-corrected chi connectivity index (χ1v) is 3.76. The quantitative estimate of drug-likeness (QED) is 0.611. The number of nitrogens with zero attached hydrogens (tertiary/aromatic N) is 2. The van der Waals surface area contributed by atoms with Gasteiger partial charge in [-0.2, -0.15) is 0 Å². The van der Waals surface area contributed by atoms with Gasteiger partial charge < -0.3 is 4.57 Å². The number of hydrogen-bond donors (Lipinski definition) is 0. The van der Waals surface area contributed by atoms with E-state index < -0.39 is 0 Å². The molecule has 10 heavy (non-hydrogen) atoms. The molecule has 2 heteroatoms. The van der Waals surface area contributed by atoms with Gasteiger partial charge in [0, 0.05) is 17.9 Å². The van der Waals surface area contributed by atoms with E-state index in [1.54, 1.807) is 0 Å². The number of hydrogen-bond acceptors (Lipinski definition) is 1. The second-order valence-electron chi connectivity index (χ2n) is 2.74. The summed E-state index contributed by atoms with van der Waals surface area (Å²) < 4.78 is 2.19. The normalized spacial score (nSPS) is 10.8. The Morgan fingerprint density at radius 2 is 2.30 bits per heavy atom. The van der Waals surface area contributed by atoms with E-state index in [1.165, 1.54) is 5.69 Å². The summed E-state index contributed by atoms with van der Waals surface area (Å²) in [6, 6.07) is 0.539. The summed E-state index contributed by atoms with van der Waals surface area (Å²) in [6.07, 6.45) is 4.89. The Labute approximate surface area is 61.9 Å². The second kappa shape index (κ2) is 2.86. The van der Waals surface area contributed by atoms with Crippen molar-refractivity contribution in [1.29, 1.82) is 0 Å². The van der Waals surface area contributed by atoms with Gasteiger partial charge in [-0.05, 0) is 20.3 Å². The largest absolute Gasteiger partial charge is 0.332 e. The average molecular weight is 138 g/mol. The smallest absolute Gasteiger partial charge is 0.0950 e. The van der Waals surface area contributed by atoms with E-state index in [0.717, 1.165) is 6.42 Å². The topological polar surface area (TPSA) is 17.8 Å². The number of rotatable bonds is 2. The van der Waals surface area contributed by atoms with Gasteiger partial charge in [-0.3, -0.25) is 0 Å². The summed E-state index contributed by atoms with van der Waals surface area (Å²) in [4.78, 5) is 4.08. The summed E-state index contributed by atoms with van der Waals surface area (Å²) in [5.41, 5.74) is 1.31. The van der Waals surface area contributed by atoms with Crippen LogP contribution in [0.5, 0.6) is 0 Å². The molecule has 1 rings (SSSR count). The molecule has 0 unspecified atom stereocenters. The van der Waals surface area contributed by atoms with Gasteiger partial charge in [-0.25, -0.2) is 4.98 Å². The van der Waals surface area contributed by atoms with Gasteiger partial charge in [0.1, 0.15) is 0 Å². The van der Waals surface area contributed by atoms with Crippen molar-refractivity contribution < 1.29 is 0 Å². The third-order valence-corrected chi connectivity index (χ3v) is 1.66. The summed E-state index contributed by atoms with van der Waals surface area (Å²) >= 11 is 0. The molecule has 0 saturated carbocycles. The maximum Gasteiger partial charge on any atom is 0.0950 e. The Morgan fingerprint density at radius 3 is 2.70 bits per heavy atom. The van der Waals surface area contributed by atoms with E-state index in [1.807, 2.05) is 12.5 Å². The van der Waals surface area contributed by atoms with Crippen molar-refractivity contribution >= 4 is 0 Å². The molecule has 0 spiro atoms. The van der Waals surface area contributed by atoms with Crippen LogP contribution in [0.4, 0.5) is 0 Å². The monoisotopic (exact) mass is 138 g/mol. The van der Waals surface area contributed by atoms with Crippen LogP contribution in [0.3, 0.4) is 0 Å². The molecule has 0 bridgehead atoms. The first kappa shape index (κ1) is 7.32. The molecule has 0 aliphatic carbocycles. The molecule has 0 aliphatic rings. The van der Waals surface area contributed by atoms with Crippen molar-refractivity contribution in [3.8, 4) is 0 Å². The molecule has 0 amide bonds. The Bertz CT molecular complexity index is 201. The van der Waals surface area contributed by atoms with E-state index in [4.69, 9.17) is 0 Å². The van der Waals surface area contributed by atoms with E-state index in [0.29, 0.717) is 6.04 Å². The molecular weight excluding hydrogens is 124 g/mol. The highest BCUT2D eigenvalue weighted by molar-refractivity contribution is 4.98. The summed E-state index contributed by atoms with van der Waals surface area (Å²) in [5.74, 6) is 0. The highest BCUT2D eigenvalue weighted by Crippen LogP contribution is 2.08. The van der Waals surface area contributed by atoms with Crippen molar-refractivity contribution in [3.05, 3.63) is 18.2 Å². The van der Waals surface area contributed by atoms with Crippen LogP contribution in [-0.2, 0) is 6.42 Å². The molecule has 0 radical (unpaired) electrons.